The van der Waals surface area contributed by atoms with Crippen LogP contribution in [0.1, 0.15) is 5.69 Å². The predicted octanol–water partition coefficient (Wildman–Crippen LogP) is 0.975. The summed E-state index contributed by atoms with van der Waals surface area (Å²) in [5, 5.41) is 2.14. The summed E-state index contributed by atoms with van der Waals surface area (Å²) >= 11 is 1.24. The summed E-state index contributed by atoms with van der Waals surface area (Å²) in [6.07, 6.45) is 2.55. The molecule has 0 radical (unpaired) electrons. The van der Waals surface area contributed by atoms with Crippen molar-refractivity contribution in [3.05, 3.63) is 23.6 Å². The normalized spacial score (nSPS) is 11.5. The fourth-order valence-corrected chi connectivity index (χ4v) is 2.81. The fraction of sp³-hybridized carbons (Fsp3) is 0.143. The quantitative estimate of drug-likeness (QED) is 0.842. The zero-order valence-electron chi connectivity index (χ0n) is 7.76. The number of H-pyrrole nitrogens is 1. The highest BCUT2D eigenvalue weighted by Gasteiger charge is 2.16. The molecule has 8 heteroatoms. The number of rotatable bonds is 3. The maximum absolute atomic E-state index is 11.7. The third-order valence-electron chi connectivity index (χ3n) is 1.60. The van der Waals surface area contributed by atoms with Crippen molar-refractivity contribution in [1.82, 2.24) is 15.0 Å². The van der Waals surface area contributed by atoms with Crippen molar-refractivity contribution in [2.75, 3.05) is 4.72 Å². The van der Waals surface area contributed by atoms with Gasteiger partial charge in [0.15, 0.2) is 10.2 Å². The topological polar surface area (TPSA) is 87.7 Å². The number of aromatic nitrogens is 3. The molecule has 0 saturated heterocycles. The Morgan fingerprint density at radius 1 is 1.53 bits per heavy atom. The molecule has 2 aromatic rings. The maximum Gasteiger partial charge on any atom is 0.280 e. The minimum atomic E-state index is -3.58. The van der Waals surface area contributed by atoms with Crippen LogP contribution in [0.5, 0.6) is 0 Å². The van der Waals surface area contributed by atoms with Crippen LogP contribution in [-0.4, -0.2) is 23.4 Å². The van der Waals surface area contributed by atoms with Crippen molar-refractivity contribution in [3.63, 3.8) is 0 Å². The van der Waals surface area contributed by atoms with Crippen LogP contribution in [-0.2, 0) is 10.0 Å². The second kappa shape index (κ2) is 3.63. The van der Waals surface area contributed by atoms with Gasteiger partial charge in [0.05, 0.1) is 18.2 Å². The second-order valence-corrected chi connectivity index (χ2v) is 5.32. The van der Waals surface area contributed by atoms with Crippen LogP contribution < -0.4 is 4.72 Å². The molecule has 0 fully saturated rings. The lowest BCUT2D eigenvalue weighted by molar-refractivity contribution is 0.598. The van der Waals surface area contributed by atoms with E-state index >= 15 is 0 Å². The van der Waals surface area contributed by atoms with Crippen LogP contribution in [0.15, 0.2) is 22.9 Å². The monoisotopic (exact) mass is 244 g/mol. The molecule has 0 amide bonds. The van der Waals surface area contributed by atoms with E-state index in [1.54, 1.807) is 12.3 Å². The summed E-state index contributed by atoms with van der Waals surface area (Å²) in [6, 6.07) is 0. The third kappa shape index (κ3) is 2.16. The van der Waals surface area contributed by atoms with Gasteiger partial charge in [0.25, 0.3) is 10.0 Å². The van der Waals surface area contributed by atoms with E-state index in [1.165, 1.54) is 23.9 Å². The van der Waals surface area contributed by atoms with E-state index in [-0.39, 0.29) is 5.03 Å². The van der Waals surface area contributed by atoms with Crippen LogP contribution >= 0.6 is 11.3 Å². The zero-order chi connectivity index (χ0) is 10.9. The molecule has 0 saturated carbocycles. The number of imidazole rings is 1. The smallest absolute Gasteiger partial charge is 0.280 e. The van der Waals surface area contributed by atoms with Crippen LogP contribution in [0.4, 0.5) is 5.13 Å². The van der Waals surface area contributed by atoms with Gasteiger partial charge >= 0.3 is 0 Å². The summed E-state index contributed by atoms with van der Waals surface area (Å²) in [4.78, 5) is 10.2. The number of sulfonamides is 1. The van der Waals surface area contributed by atoms with E-state index in [2.05, 4.69) is 19.7 Å². The Kier molecular flexibility index (Phi) is 2.45. The molecular formula is C7H8N4O2S2. The number of thiazole rings is 1. The highest BCUT2D eigenvalue weighted by atomic mass is 32.2. The number of nitrogens with zero attached hydrogens (tertiary/aromatic N) is 2. The van der Waals surface area contributed by atoms with Gasteiger partial charge in [0, 0.05) is 5.38 Å². The van der Waals surface area contributed by atoms with E-state index in [1.807, 2.05) is 0 Å². The zero-order valence-corrected chi connectivity index (χ0v) is 9.39. The lowest BCUT2D eigenvalue weighted by Crippen LogP contribution is -2.13. The first-order chi connectivity index (χ1) is 7.08. The van der Waals surface area contributed by atoms with Crippen LogP contribution in [0.2, 0.25) is 0 Å². The minimum Gasteiger partial charge on any atom is -0.334 e. The Morgan fingerprint density at radius 2 is 2.33 bits per heavy atom. The molecule has 0 aliphatic carbocycles. The van der Waals surface area contributed by atoms with Gasteiger partial charge in [-0.1, -0.05) is 0 Å². The summed E-state index contributed by atoms with van der Waals surface area (Å²) < 4.78 is 25.7. The number of anilines is 1. The molecule has 2 N–H and O–H groups in total. The Balaban J connectivity index is 2.26. The third-order valence-corrected chi connectivity index (χ3v) is 3.87. The number of aryl methyl sites for hydroxylation is 1. The maximum atomic E-state index is 11.7. The summed E-state index contributed by atoms with van der Waals surface area (Å²) in [5.41, 5.74) is 0.780. The van der Waals surface area contributed by atoms with Gasteiger partial charge in [-0.25, -0.2) is 9.97 Å². The van der Waals surface area contributed by atoms with Gasteiger partial charge < -0.3 is 4.98 Å². The summed E-state index contributed by atoms with van der Waals surface area (Å²) in [5.74, 6) is 0. The molecule has 0 bridgehead atoms. The lowest BCUT2D eigenvalue weighted by atomic mass is 10.6. The number of aromatic amines is 1. The van der Waals surface area contributed by atoms with Gasteiger partial charge in [0.1, 0.15) is 0 Å². The van der Waals surface area contributed by atoms with Crippen molar-refractivity contribution in [2.24, 2.45) is 0 Å². The molecule has 0 aliphatic heterocycles. The Morgan fingerprint density at radius 3 is 2.87 bits per heavy atom. The van der Waals surface area contributed by atoms with E-state index in [9.17, 15) is 8.42 Å². The molecule has 6 nitrogen and oxygen atoms in total. The van der Waals surface area contributed by atoms with Gasteiger partial charge in [-0.2, -0.15) is 8.42 Å². The second-order valence-electron chi connectivity index (χ2n) is 2.82. The standard InChI is InChI=1S/C7H8N4O2S2/c1-5-3-14-7(10-5)11-15(12,13)6-2-8-4-9-6/h2-4H,1H3,(H,8,9)(H,10,11). The van der Waals surface area contributed by atoms with Gasteiger partial charge in [0.2, 0.25) is 0 Å². The average molecular weight is 244 g/mol. The predicted molar refractivity (Wildman–Crippen MR) is 56.2 cm³/mol. The molecular weight excluding hydrogens is 236 g/mol. The molecule has 0 aromatic carbocycles. The summed E-state index contributed by atoms with van der Waals surface area (Å²) in [6.45, 7) is 1.80. The first kappa shape index (κ1) is 10.1. The Hall–Kier alpha value is -1.41. The largest absolute Gasteiger partial charge is 0.334 e. The first-order valence-corrected chi connectivity index (χ1v) is 6.37. The summed E-state index contributed by atoms with van der Waals surface area (Å²) in [7, 11) is -3.58. The van der Waals surface area contributed by atoms with Gasteiger partial charge in [-0.15, -0.1) is 11.3 Å². The van der Waals surface area contributed by atoms with Crippen molar-refractivity contribution < 1.29 is 8.42 Å². The van der Waals surface area contributed by atoms with Gasteiger partial charge in [-0.3, -0.25) is 4.72 Å². The van der Waals surface area contributed by atoms with Crippen LogP contribution in [0.25, 0.3) is 0 Å². The van der Waals surface area contributed by atoms with E-state index in [0.29, 0.717) is 5.13 Å². The van der Waals surface area contributed by atoms with Gasteiger partial charge in [-0.05, 0) is 6.92 Å². The van der Waals surface area contributed by atoms with Crippen molar-refractivity contribution in [1.29, 1.82) is 0 Å². The van der Waals surface area contributed by atoms with Crippen LogP contribution in [0.3, 0.4) is 0 Å². The molecule has 80 valence electrons. The van der Waals surface area contributed by atoms with Crippen molar-refractivity contribution in [2.45, 2.75) is 11.9 Å². The van der Waals surface area contributed by atoms with Crippen LogP contribution in [0, 0.1) is 6.92 Å². The highest BCUT2D eigenvalue weighted by Crippen LogP contribution is 2.18. The molecule has 2 aromatic heterocycles. The SMILES string of the molecule is Cc1csc(NS(=O)(=O)c2cnc[nH]2)n1. The number of hydrogen-bond donors (Lipinski definition) is 2. The Bertz CT molecular complexity index is 543. The molecule has 2 rings (SSSR count). The molecule has 0 aliphatic rings. The highest BCUT2D eigenvalue weighted by molar-refractivity contribution is 7.92. The molecule has 15 heavy (non-hydrogen) atoms. The Labute approximate surface area is 90.5 Å². The van der Waals surface area contributed by atoms with E-state index < -0.39 is 10.0 Å². The number of hydrogen-bond acceptors (Lipinski definition) is 5. The molecule has 0 unspecified atom stereocenters. The van der Waals surface area contributed by atoms with Crippen molar-refractivity contribution >= 4 is 26.5 Å². The number of nitrogens with one attached hydrogen (secondary N) is 2. The first-order valence-electron chi connectivity index (χ1n) is 4.01. The van der Waals surface area contributed by atoms with E-state index in [0.717, 1.165) is 5.69 Å². The lowest BCUT2D eigenvalue weighted by Gasteiger charge is -2.00. The molecule has 0 atom stereocenters. The molecule has 0 spiro atoms. The minimum absolute atomic E-state index is 0.0235. The van der Waals surface area contributed by atoms with E-state index in [4.69, 9.17) is 0 Å². The average Bonchev–Trinajstić information content (AvgIpc) is 2.75. The molecule has 2 heterocycles. The fourth-order valence-electron chi connectivity index (χ4n) is 0.961. The van der Waals surface area contributed by atoms with Crippen molar-refractivity contribution in [3.8, 4) is 0 Å².